The molecule has 0 bridgehead atoms. The summed E-state index contributed by atoms with van der Waals surface area (Å²) in [5, 5.41) is 3.14. The number of nitrogens with zero attached hydrogens (tertiary/aromatic N) is 1. The van der Waals surface area contributed by atoms with E-state index in [0.717, 1.165) is 17.0 Å². The van der Waals surface area contributed by atoms with Crippen molar-refractivity contribution in [3.63, 3.8) is 0 Å². The Morgan fingerprint density at radius 3 is 2.69 bits per heavy atom. The second kappa shape index (κ2) is 6.80. The fraction of sp³-hybridized carbons (Fsp3) is 0.333. The van der Waals surface area contributed by atoms with Gasteiger partial charge in [-0.05, 0) is 30.5 Å². The van der Waals surface area contributed by atoms with E-state index in [1.807, 2.05) is 42.5 Å². The molecule has 2 aliphatic rings. The van der Waals surface area contributed by atoms with Gasteiger partial charge in [0.25, 0.3) is 5.91 Å². The Bertz CT molecular complexity index is 839. The van der Waals surface area contributed by atoms with Crippen molar-refractivity contribution >= 4 is 29.3 Å². The maximum Gasteiger partial charge on any atom is 0.257 e. The van der Waals surface area contributed by atoms with E-state index < -0.39 is 4.87 Å². The van der Waals surface area contributed by atoms with E-state index in [9.17, 15) is 9.59 Å². The topological polar surface area (TPSA) is 49.4 Å². The largest absolute Gasteiger partial charge is 0.353 e. The molecule has 0 saturated carbocycles. The average molecular weight is 366 g/mol. The van der Waals surface area contributed by atoms with Crippen molar-refractivity contribution in [2.24, 2.45) is 0 Å². The van der Waals surface area contributed by atoms with Gasteiger partial charge < -0.3 is 5.32 Å². The number of rotatable bonds is 5. The highest BCUT2D eigenvalue weighted by Gasteiger charge is 2.57. The van der Waals surface area contributed by atoms with Gasteiger partial charge in [0.15, 0.2) is 4.87 Å². The summed E-state index contributed by atoms with van der Waals surface area (Å²) < 4.78 is 0. The lowest BCUT2D eigenvalue weighted by Crippen LogP contribution is -2.53. The lowest BCUT2D eigenvalue weighted by Gasteiger charge is -2.30. The molecule has 2 aromatic rings. The fourth-order valence-corrected chi connectivity index (χ4v) is 5.31. The van der Waals surface area contributed by atoms with E-state index in [1.165, 1.54) is 17.3 Å². The molecular weight excluding hydrogens is 344 g/mol. The lowest BCUT2D eigenvalue weighted by molar-refractivity contribution is -0.124. The van der Waals surface area contributed by atoms with Gasteiger partial charge in [0.2, 0.25) is 5.91 Å². The van der Waals surface area contributed by atoms with Gasteiger partial charge in [-0.3, -0.25) is 14.5 Å². The monoisotopic (exact) mass is 366 g/mol. The minimum Gasteiger partial charge on any atom is -0.353 e. The van der Waals surface area contributed by atoms with Crippen LogP contribution < -0.4 is 10.2 Å². The number of carbonyl (C=O) groups excluding carboxylic acids is 2. The van der Waals surface area contributed by atoms with Gasteiger partial charge >= 0.3 is 0 Å². The summed E-state index contributed by atoms with van der Waals surface area (Å²) in [6.07, 6.45) is 1.93. The van der Waals surface area contributed by atoms with Crippen molar-refractivity contribution in [1.82, 2.24) is 5.32 Å². The first kappa shape index (κ1) is 17.2. The maximum absolute atomic E-state index is 13.2. The summed E-state index contributed by atoms with van der Waals surface area (Å²) in [5.74, 6) is 0.252. The molecule has 2 amide bonds. The highest BCUT2D eigenvalue weighted by Crippen LogP contribution is 2.55. The highest BCUT2D eigenvalue weighted by molar-refractivity contribution is 8.02. The summed E-state index contributed by atoms with van der Waals surface area (Å²) >= 11 is 1.51. The third kappa shape index (κ3) is 2.71. The molecule has 2 atom stereocenters. The summed E-state index contributed by atoms with van der Waals surface area (Å²) in [5.41, 5.74) is 2.10. The molecule has 0 spiro atoms. The van der Waals surface area contributed by atoms with E-state index in [0.29, 0.717) is 19.4 Å². The van der Waals surface area contributed by atoms with Crippen molar-refractivity contribution in [1.29, 1.82) is 0 Å². The molecule has 1 N–H and O–H groups in total. The molecule has 2 aliphatic heterocycles. The van der Waals surface area contributed by atoms with Crippen molar-refractivity contribution in [2.75, 3.05) is 11.4 Å². The molecule has 2 aromatic carbocycles. The van der Waals surface area contributed by atoms with Gasteiger partial charge in [0.1, 0.15) is 0 Å². The van der Waals surface area contributed by atoms with Crippen LogP contribution in [0.2, 0.25) is 0 Å². The first-order valence-electron chi connectivity index (χ1n) is 9.10. The Morgan fingerprint density at radius 2 is 1.92 bits per heavy atom. The molecule has 4 rings (SSSR count). The van der Waals surface area contributed by atoms with Crippen LogP contribution in [0.4, 0.5) is 5.69 Å². The van der Waals surface area contributed by atoms with Gasteiger partial charge in [-0.25, -0.2) is 0 Å². The number of nitrogens with one attached hydrogen (secondary N) is 1. The molecule has 1 fully saturated rings. The Labute approximate surface area is 158 Å². The maximum atomic E-state index is 13.2. The minimum absolute atomic E-state index is 0.0349. The molecule has 1 saturated heterocycles. The highest BCUT2D eigenvalue weighted by atomic mass is 32.2. The number of benzene rings is 2. The van der Waals surface area contributed by atoms with Crippen molar-refractivity contribution in [3.05, 3.63) is 60.2 Å². The number of carbonyl (C=O) groups is 2. The van der Waals surface area contributed by atoms with E-state index in [1.54, 1.807) is 4.90 Å². The number of anilines is 1. The number of fused-ring (bicyclic) bond motifs is 3. The third-order valence-corrected chi connectivity index (χ3v) is 6.78. The predicted octanol–water partition coefficient (Wildman–Crippen LogP) is 3.93. The molecule has 4 nitrogen and oxygen atoms in total. The summed E-state index contributed by atoms with van der Waals surface area (Å²) in [6.45, 7) is 2.72. The average Bonchev–Trinajstić information content (AvgIpc) is 3.19. The van der Waals surface area contributed by atoms with Crippen LogP contribution in [-0.2, 0) is 9.59 Å². The molecule has 0 aliphatic carbocycles. The molecule has 0 aromatic heterocycles. The molecule has 134 valence electrons. The van der Waals surface area contributed by atoms with Crippen LogP contribution in [0, 0.1) is 0 Å². The molecule has 0 unspecified atom stereocenters. The van der Waals surface area contributed by atoms with Crippen LogP contribution in [0.5, 0.6) is 0 Å². The summed E-state index contributed by atoms with van der Waals surface area (Å²) in [6, 6.07) is 18.0. The molecule has 26 heavy (non-hydrogen) atoms. The number of hydrogen-bond acceptors (Lipinski definition) is 3. The zero-order valence-corrected chi connectivity index (χ0v) is 15.6. The Balaban J connectivity index is 1.54. The van der Waals surface area contributed by atoms with Crippen LogP contribution in [0.15, 0.2) is 59.5 Å². The Morgan fingerprint density at radius 1 is 1.19 bits per heavy atom. The third-order valence-electron chi connectivity index (χ3n) is 5.30. The molecule has 5 heteroatoms. The van der Waals surface area contributed by atoms with Crippen molar-refractivity contribution < 1.29 is 9.59 Å². The van der Waals surface area contributed by atoms with Gasteiger partial charge in [-0.2, -0.15) is 0 Å². The second-order valence-electron chi connectivity index (χ2n) is 6.81. The first-order valence-corrected chi connectivity index (χ1v) is 9.91. The van der Waals surface area contributed by atoms with Gasteiger partial charge in [-0.15, -0.1) is 0 Å². The SMILES string of the molecule is CC[C@H](CNC(=O)[C@]12CCC(=O)N1c1ccccc1S2)c1ccccc1. The van der Waals surface area contributed by atoms with Gasteiger partial charge in [0.05, 0.1) is 5.69 Å². The van der Waals surface area contributed by atoms with Crippen LogP contribution >= 0.6 is 11.8 Å². The predicted molar refractivity (Wildman–Crippen MR) is 104 cm³/mol. The Kier molecular flexibility index (Phi) is 4.49. The zero-order chi connectivity index (χ0) is 18.1. The molecule has 2 heterocycles. The van der Waals surface area contributed by atoms with Crippen LogP contribution in [0.3, 0.4) is 0 Å². The fourth-order valence-electron chi connectivity index (χ4n) is 3.88. The smallest absolute Gasteiger partial charge is 0.257 e. The molecular formula is C21H22N2O2S. The quantitative estimate of drug-likeness (QED) is 0.872. The summed E-state index contributed by atoms with van der Waals surface area (Å²) in [4.78, 5) is 27.6. The normalized spacial score (nSPS) is 22.0. The van der Waals surface area contributed by atoms with E-state index in [-0.39, 0.29) is 17.7 Å². The van der Waals surface area contributed by atoms with E-state index in [4.69, 9.17) is 0 Å². The van der Waals surface area contributed by atoms with Crippen LogP contribution in [0.25, 0.3) is 0 Å². The molecule has 0 radical (unpaired) electrons. The minimum atomic E-state index is -0.824. The van der Waals surface area contributed by atoms with Crippen LogP contribution in [0.1, 0.15) is 37.7 Å². The van der Waals surface area contributed by atoms with Crippen LogP contribution in [-0.4, -0.2) is 23.2 Å². The van der Waals surface area contributed by atoms with Gasteiger partial charge in [0, 0.05) is 23.8 Å². The first-order chi connectivity index (χ1) is 12.7. The number of thioether (sulfide) groups is 1. The second-order valence-corrected chi connectivity index (χ2v) is 8.13. The lowest BCUT2D eigenvalue weighted by atomic mass is 9.96. The van der Waals surface area contributed by atoms with Crippen molar-refractivity contribution in [3.8, 4) is 0 Å². The standard InChI is InChI=1S/C21H22N2O2S/c1-2-15(16-8-4-3-5-9-16)14-22-20(25)21-13-12-19(24)23(21)17-10-6-7-11-18(17)26-21/h3-11,15H,2,12-14H2,1H3,(H,22,25)/t15-,21-/m1/s1. The number of hydrogen-bond donors (Lipinski definition) is 1. The zero-order valence-electron chi connectivity index (χ0n) is 14.8. The van der Waals surface area contributed by atoms with E-state index >= 15 is 0 Å². The summed E-state index contributed by atoms with van der Waals surface area (Å²) in [7, 11) is 0. The Hall–Kier alpha value is -2.27. The number of amides is 2. The van der Waals surface area contributed by atoms with Gasteiger partial charge in [-0.1, -0.05) is 61.2 Å². The van der Waals surface area contributed by atoms with Crippen molar-refractivity contribution in [2.45, 2.75) is 41.9 Å². The number of para-hydroxylation sites is 1. The van der Waals surface area contributed by atoms with E-state index in [2.05, 4.69) is 24.4 Å².